The van der Waals surface area contributed by atoms with Crippen LogP contribution in [0.5, 0.6) is 0 Å². The first-order valence-electron chi connectivity index (χ1n) is 8.24. The molecule has 0 aromatic heterocycles. The Morgan fingerprint density at radius 2 is 2.00 bits per heavy atom. The number of nitrogens with zero attached hydrogens (tertiary/aromatic N) is 1. The molecular weight excluding hydrogens is 260 g/mol. The average Bonchev–Trinajstić information content (AvgIpc) is 3.36. The van der Waals surface area contributed by atoms with Crippen molar-refractivity contribution in [3.8, 4) is 0 Å². The molecule has 3 heteroatoms. The summed E-state index contributed by atoms with van der Waals surface area (Å²) in [5, 5.41) is 13.6. The van der Waals surface area contributed by atoms with E-state index in [1.807, 2.05) is 18.2 Å². The van der Waals surface area contributed by atoms with Crippen molar-refractivity contribution in [3.63, 3.8) is 0 Å². The van der Waals surface area contributed by atoms with Gasteiger partial charge in [0.05, 0.1) is 12.1 Å². The van der Waals surface area contributed by atoms with Gasteiger partial charge in [-0.1, -0.05) is 37.3 Å². The second kappa shape index (κ2) is 7.39. The fourth-order valence-corrected chi connectivity index (χ4v) is 3.17. The van der Waals surface area contributed by atoms with Crippen molar-refractivity contribution >= 4 is 0 Å². The van der Waals surface area contributed by atoms with Gasteiger partial charge >= 0.3 is 0 Å². The van der Waals surface area contributed by atoms with Crippen LogP contribution in [0.2, 0.25) is 0 Å². The molecule has 1 aromatic rings. The number of aliphatic hydroxyl groups excluding tert-OH is 1. The predicted octanol–water partition coefficient (Wildman–Crippen LogP) is 2.60. The predicted molar refractivity (Wildman–Crippen MR) is 88.3 cm³/mol. The molecule has 21 heavy (non-hydrogen) atoms. The fraction of sp³-hybridized carbons (Fsp3) is 0.667. The summed E-state index contributed by atoms with van der Waals surface area (Å²) in [5.41, 5.74) is 0.856. The third-order valence-corrected chi connectivity index (χ3v) is 5.00. The molecule has 1 saturated carbocycles. The van der Waals surface area contributed by atoms with Crippen molar-refractivity contribution in [1.82, 2.24) is 10.2 Å². The molecule has 2 atom stereocenters. The first-order chi connectivity index (χ1) is 10.1. The summed E-state index contributed by atoms with van der Waals surface area (Å²) in [6, 6.07) is 11.0. The maximum absolute atomic E-state index is 10.1. The summed E-state index contributed by atoms with van der Waals surface area (Å²) < 4.78 is 0. The monoisotopic (exact) mass is 290 g/mol. The number of likely N-dealkylation sites (N-methyl/N-ethyl adjacent to an activating group) is 1. The number of hydrogen-bond donors (Lipinski definition) is 2. The van der Waals surface area contributed by atoms with Crippen molar-refractivity contribution < 1.29 is 5.11 Å². The van der Waals surface area contributed by atoms with Gasteiger partial charge in [0.15, 0.2) is 0 Å². The topological polar surface area (TPSA) is 35.5 Å². The van der Waals surface area contributed by atoms with Gasteiger partial charge in [0.25, 0.3) is 0 Å². The third kappa shape index (κ3) is 4.06. The molecule has 0 radical (unpaired) electrons. The minimum Gasteiger partial charge on any atom is -0.394 e. The van der Waals surface area contributed by atoms with Gasteiger partial charge in [0.1, 0.15) is 0 Å². The Morgan fingerprint density at radius 3 is 2.52 bits per heavy atom. The lowest BCUT2D eigenvalue weighted by Gasteiger charge is -2.36. The molecule has 118 valence electrons. The Morgan fingerprint density at radius 1 is 1.33 bits per heavy atom. The molecule has 0 spiro atoms. The minimum atomic E-state index is -0.326. The summed E-state index contributed by atoms with van der Waals surface area (Å²) >= 11 is 0. The van der Waals surface area contributed by atoms with Gasteiger partial charge in [-0.2, -0.15) is 0 Å². The summed E-state index contributed by atoms with van der Waals surface area (Å²) in [7, 11) is 2.21. The first-order valence-corrected chi connectivity index (χ1v) is 8.24. The Balaban J connectivity index is 2.05. The van der Waals surface area contributed by atoms with E-state index in [1.54, 1.807) is 0 Å². The van der Waals surface area contributed by atoms with Crippen LogP contribution in [0, 0.1) is 5.92 Å². The zero-order valence-electron chi connectivity index (χ0n) is 13.7. The SMILES string of the molecule is CCNC(CO)(CCN(C)C(C)C1CC1)c1ccccc1. The molecular formula is C18H30N2O. The first kappa shape index (κ1) is 16.5. The number of aliphatic hydroxyl groups is 1. The van der Waals surface area contributed by atoms with Crippen LogP contribution in [0.1, 0.15) is 38.7 Å². The lowest BCUT2D eigenvalue weighted by Crippen LogP contribution is -2.48. The molecule has 1 aliphatic rings. The normalized spacial score (nSPS) is 19.5. The quantitative estimate of drug-likeness (QED) is 0.734. The van der Waals surface area contributed by atoms with Crippen LogP contribution in [0.25, 0.3) is 0 Å². The number of nitrogens with one attached hydrogen (secondary N) is 1. The lowest BCUT2D eigenvalue weighted by molar-refractivity contribution is 0.127. The number of hydrogen-bond acceptors (Lipinski definition) is 3. The fourth-order valence-electron chi connectivity index (χ4n) is 3.17. The van der Waals surface area contributed by atoms with Crippen molar-refractivity contribution in [3.05, 3.63) is 35.9 Å². The van der Waals surface area contributed by atoms with E-state index >= 15 is 0 Å². The van der Waals surface area contributed by atoms with Gasteiger partial charge < -0.3 is 15.3 Å². The Hall–Kier alpha value is -0.900. The Labute approximate surface area is 129 Å². The van der Waals surface area contributed by atoms with Gasteiger partial charge in [0.2, 0.25) is 0 Å². The van der Waals surface area contributed by atoms with E-state index in [-0.39, 0.29) is 12.1 Å². The molecule has 1 aromatic carbocycles. The maximum Gasteiger partial charge on any atom is 0.0681 e. The molecule has 0 bridgehead atoms. The lowest BCUT2D eigenvalue weighted by atomic mass is 9.86. The van der Waals surface area contributed by atoms with E-state index in [1.165, 1.54) is 18.4 Å². The maximum atomic E-state index is 10.1. The zero-order chi connectivity index (χ0) is 15.3. The summed E-state index contributed by atoms with van der Waals surface area (Å²) in [6.07, 6.45) is 3.68. The molecule has 0 amide bonds. The van der Waals surface area contributed by atoms with Gasteiger partial charge in [-0.3, -0.25) is 0 Å². The second-order valence-electron chi connectivity index (χ2n) is 6.45. The number of benzene rings is 1. The molecule has 1 fully saturated rings. The smallest absolute Gasteiger partial charge is 0.0681 e. The zero-order valence-corrected chi connectivity index (χ0v) is 13.7. The Kier molecular flexibility index (Phi) is 5.80. The van der Waals surface area contributed by atoms with Gasteiger partial charge in [0, 0.05) is 12.6 Å². The summed E-state index contributed by atoms with van der Waals surface area (Å²) in [5.74, 6) is 0.884. The van der Waals surface area contributed by atoms with E-state index in [0.717, 1.165) is 25.4 Å². The minimum absolute atomic E-state index is 0.135. The van der Waals surface area contributed by atoms with Crippen molar-refractivity contribution in [2.45, 2.75) is 44.7 Å². The molecule has 0 saturated heterocycles. The largest absolute Gasteiger partial charge is 0.394 e. The van der Waals surface area contributed by atoms with E-state index in [0.29, 0.717) is 6.04 Å². The van der Waals surface area contributed by atoms with Crippen molar-refractivity contribution in [2.75, 3.05) is 26.7 Å². The van der Waals surface area contributed by atoms with Gasteiger partial charge in [-0.05, 0) is 51.3 Å². The Bertz CT molecular complexity index is 418. The highest BCUT2D eigenvalue weighted by molar-refractivity contribution is 5.24. The van der Waals surface area contributed by atoms with Crippen LogP contribution in [0.15, 0.2) is 30.3 Å². The highest BCUT2D eigenvalue weighted by Gasteiger charge is 2.34. The molecule has 2 unspecified atom stereocenters. The molecule has 3 nitrogen and oxygen atoms in total. The van der Waals surface area contributed by atoms with E-state index in [2.05, 4.69) is 43.2 Å². The van der Waals surface area contributed by atoms with Gasteiger partial charge in [-0.15, -0.1) is 0 Å². The van der Waals surface area contributed by atoms with Crippen LogP contribution < -0.4 is 5.32 Å². The van der Waals surface area contributed by atoms with Crippen LogP contribution in [-0.2, 0) is 5.54 Å². The molecule has 0 heterocycles. The highest BCUT2D eigenvalue weighted by atomic mass is 16.3. The average molecular weight is 290 g/mol. The second-order valence-corrected chi connectivity index (χ2v) is 6.45. The van der Waals surface area contributed by atoms with Crippen LogP contribution >= 0.6 is 0 Å². The number of rotatable bonds is 9. The molecule has 2 N–H and O–H groups in total. The van der Waals surface area contributed by atoms with E-state index in [4.69, 9.17) is 0 Å². The van der Waals surface area contributed by atoms with E-state index in [9.17, 15) is 5.11 Å². The molecule has 0 aliphatic heterocycles. The van der Waals surface area contributed by atoms with E-state index < -0.39 is 0 Å². The van der Waals surface area contributed by atoms with Crippen molar-refractivity contribution in [2.24, 2.45) is 5.92 Å². The molecule has 2 rings (SSSR count). The van der Waals surface area contributed by atoms with Crippen molar-refractivity contribution in [1.29, 1.82) is 0 Å². The highest BCUT2D eigenvalue weighted by Crippen LogP contribution is 2.35. The van der Waals surface area contributed by atoms with Crippen LogP contribution in [-0.4, -0.2) is 42.8 Å². The standard InChI is InChI=1S/C18H30N2O/c1-4-19-18(14-21,17-8-6-5-7-9-17)12-13-20(3)15(2)16-10-11-16/h5-9,15-16,19,21H,4,10-14H2,1-3H3. The van der Waals surface area contributed by atoms with Crippen LogP contribution in [0.4, 0.5) is 0 Å². The van der Waals surface area contributed by atoms with Crippen LogP contribution in [0.3, 0.4) is 0 Å². The molecule has 1 aliphatic carbocycles. The third-order valence-electron chi connectivity index (χ3n) is 5.00. The summed E-state index contributed by atoms with van der Waals surface area (Å²) in [6.45, 7) is 6.42. The summed E-state index contributed by atoms with van der Waals surface area (Å²) in [4.78, 5) is 2.45. The van der Waals surface area contributed by atoms with Gasteiger partial charge in [-0.25, -0.2) is 0 Å².